The van der Waals surface area contributed by atoms with Crippen LogP contribution in [-0.4, -0.2) is 43.2 Å². The average molecular weight is 316 g/mol. The highest BCUT2D eigenvalue weighted by atomic mass is 16.5. The summed E-state index contributed by atoms with van der Waals surface area (Å²) in [7, 11) is 3.24. The van der Waals surface area contributed by atoms with Gasteiger partial charge in [0.15, 0.2) is 0 Å². The van der Waals surface area contributed by atoms with Crippen molar-refractivity contribution in [3.63, 3.8) is 0 Å². The number of nitrogens with zero attached hydrogens (tertiary/aromatic N) is 2. The molecule has 0 atom stereocenters. The third kappa shape index (κ3) is 5.23. The fourth-order valence-corrected chi connectivity index (χ4v) is 1.84. The van der Waals surface area contributed by atoms with Crippen LogP contribution in [0, 0.1) is 0 Å². The van der Waals surface area contributed by atoms with E-state index in [2.05, 4.69) is 20.6 Å². The van der Waals surface area contributed by atoms with Gasteiger partial charge in [-0.2, -0.15) is 0 Å². The molecule has 1 heterocycles. The number of methoxy groups -OCH3 is 2. The zero-order chi connectivity index (χ0) is 16.5. The van der Waals surface area contributed by atoms with Crippen LogP contribution in [0.15, 0.2) is 36.7 Å². The summed E-state index contributed by atoms with van der Waals surface area (Å²) in [6.45, 7) is 1.15. The molecule has 2 N–H and O–H groups in total. The first-order valence-corrected chi connectivity index (χ1v) is 7.23. The van der Waals surface area contributed by atoms with E-state index in [9.17, 15) is 4.79 Å². The van der Waals surface area contributed by atoms with Crippen LogP contribution < -0.4 is 15.4 Å². The Kier molecular flexibility index (Phi) is 6.31. The molecule has 0 spiro atoms. The molecule has 7 heteroatoms. The van der Waals surface area contributed by atoms with Gasteiger partial charge in [-0.25, -0.2) is 9.97 Å². The summed E-state index contributed by atoms with van der Waals surface area (Å²) in [6.07, 6.45) is 3.72. The lowest BCUT2D eigenvalue weighted by Crippen LogP contribution is -2.26. The van der Waals surface area contributed by atoms with E-state index in [0.29, 0.717) is 19.0 Å². The van der Waals surface area contributed by atoms with Crippen molar-refractivity contribution in [3.05, 3.63) is 42.4 Å². The van der Waals surface area contributed by atoms with Crippen molar-refractivity contribution >= 4 is 17.4 Å². The zero-order valence-corrected chi connectivity index (χ0v) is 13.2. The first-order chi connectivity index (χ1) is 11.2. The van der Waals surface area contributed by atoms with Crippen molar-refractivity contribution in [1.82, 2.24) is 15.3 Å². The highest BCUT2D eigenvalue weighted by molar-refractivity contribution is 5.92. The van der Waals surface area contributed by atoms with Gasteiger partial charge in [-0.3, -0.25) is 4.79 Å². The molecule has 0 aliphatic heterocycles. The molecule has 0 bridgehead atoms. The number of carbonyl (C=O) groups is 1. The van der Waals surface area contributed by atoms with E-state index < -0.39 is 0 Å². The van der Waals surface area contributed by atoms with Crippen molar-refractivity contribution in [2.75, 3.05) is 32.7 Å². The van der Waals surface area contributed by atoms with Crippen molar-refractivity contribution in [3.8, 4) is 5.75 Å². The summed E-state index contributed by atoms with van der Waals surface area (Å²) in [4.78, 5) is 20.2. The lowest BCUT2D eigenvalue weighted by molar-refractivity contribution is 0.0943. The smallest absolute Gasteiger partial charge is 0.271 e. The van der Waals surface area contributed by atoms with Gasteiger partial charge in [-0.05, 0) is 30.7 Å². The second-order valence-electron chi connectivity index (χ2n) is 4.74. The van der Waals surface area contributed by atoms with E-state index in [1.54, 1.807) is 14.2 Å². The lowest BCUT2D eigenvalue weighted by atomic mass is 10.3. The van der Waals surface area contributed by atoms with E-state index in [0.717, 1.165) is 17.9 Å². The van der Waals surface area contributed by atoms with Crippen LogP contribution in [0.3, 0.4) is 0 Å². The number of rotatable bonds is 8. The lowest BCUT2D eigenvalue weighted by Gasteiger charge is -2.07. The Morgan fingerprint density at radius 3 is 2.52 bits per heavy atom. The number of hydrogen-bond acceptors (Lipinski definition) is 6. The number of amides is 1. The van der Waals surface area contributed by atoms with Crippen LogP contribution in [0.5, 0.6) is 5.75 Å². The SMILES string of the molecule is COCCCNC(=O)c1cnc(Nc2ccc(OC)cc2)cn1. The second kappa shape index (κ2) is 8.70. The van der Waals surface area contributed by atoms with Crippen LogP contribution in [0.4, 0.5) is 11.5 Å². The van der Waals surface area contributed by atoms with Gasteiger partial charge in [0, 0.05) is 25.9 Å². The summed E-state index contributed by atoms with van der Waals surface area (Å²) in [6, 6.07) is 7.43. The predicted molar refractivity (Wildman–Crippen MR) is 87.1 cm³/mol. The Balaban J connectivity index is 1.89. The van der Waals surface area contributed by atoms with Crippen LogP contribution in [0.1, 0.15) is 16.9 Å². The Morgan fingerprint density at radius 1 is 1.13 bits per heavy atom. The third-order valence-electron chi connectivity index (χ3n) is 3.06. The second-order valence-corrected chi connectivity index (χ2v) is 4.74. The maximum atomic E-state index is 11.9. The van der Waals surface area contributed by atoms with Crippen molar-refractivity contribution in [2.24, 2.45) is 0 Å². The van der Waals surface area contributed by atoms with Crippen LogP contribution in [-0.2, 0) is 4.74 Å². The summed E-state index contributed by atoms with van der Waals surface area (Å²) >= 11 is 0. The molecule has 1 aromatic heterocycles. The molecular weight excluding hydrogens is 296 g/mol. The number of nitrogens with one attached hydrogen (secondary N) is 2. The van der Waals surface area contributed by atoms with Gasteiger partial charge in [0.25, 0.3) is 5.91 Å². The van der Waals surface area contributed by atoms with E-state index in [1.807, 2.05) is 24.3 Å². The van der Waals surface area contributed by atoms with Gasteiger partial charge < -0.3 is 20.1 Å². The summed E-state index contributed by atoms with van der Waals surface area (Å²) in [5, 5.41) is 5.86. The molecule has 0 fully saturated rings. The monoisotopic (exact) mass is 316 g/mol. The average Bonchev–Trinajstić information content (AvgIpc) is 2.60. The molecule has 2 aromatic rings. The quantitative estimate of drug-likeness (QED) is 0.725. The van der Waals surface area contributed by atoms with Crippen LogP contribution in [0.25, 0.3) is 0 Å². The first-order valence-electron chi connectivity index (χ1n) is 7.23. The van der Waals surface area contributed by atoms with Crippen LogP contribution >= 0.6 is 0 Å². The normalized spacial score (nSPS) is 10.2. The highest BCUT2D eigenvalue weighted by Crippen LogP contribution is 2.18. The van der Waals surface area contributed by atoms with Crippen LogP contribution in [0.2, 0.25) is 0 Å². The highest BCUT2D eigenvalue weighted by Gasteiger charge is 2.07. The molecule has 1 amide bonds. The minimum atomic E-state index is -0.246. The molecule has 2 rings (SSSR count). The molecule has 0 aliphatic rings. The standard InChI is InChI=1S/C16H20N4O3/c1-22-9-3-8-17-16(21)14-10-19-15(11-18-14)20-12-4-6-13(23-2)7-5-12/h4-7,10-11H,3,8-9H2,1-2H3,(H,17,21)(H,19,20). The largest absolute Gasteiger partial charge is 0.497 e. The van der Waals surface area contributed by atoms with E-state index in [-0.39, 0.29) is 11.6 Å². The number of anilines is 2. The predicted octanol–water partition coefficient (Wildman–Crippen LogP) is 2.00. The number of hydrogen-bond donors (Lipinski definition) is 2. The van der Waals surface area contributed by atoms with E-state index in [4.69, 9.17) is 9.47 Å². The molecule has 1 aromatic carbocycles. The number of aromatic nitrogens is 2. The summed E-state index contributed by atoms with van der Waals surface area (Å²) in [5.41, 5.74) is 1.14. The number of carbonyl (C=O) groups excluding carboxylic acids is 1. The molecule has 0 saturated carbocycles. The minimum absolute atomic E-state index is 0.246. The molecule has 0 unspecified atom stereocenters. The molecule has 7 nitrogen and oxygen atoms in total. The first kappa shape index (κ1) is 16.7. The maximum Gasteiger partial charge on any atom is 0.271 e. The third-order valence-corrected chi connectivity index (χ3v) is 3.06. The van der Waals surface area contributed by atoms with Gasteiger partial charge in [0.1, 0.15) is 17.3 Å². The topological polar surface area (TPSA) is 85.4 Å². The van der Waals surface area contributed by atoms with Gasteiger partial charge in [0.05, 0.1) is 19.5 Å². The Hall–Kier alpha value is -2.67. The van der Waals surface area contributed by atoms with Crippen molar-refractivity contribution in [1.29, 1.82) is 0 Å². The van der Waals surface area contributed by atoms with Gasteiger partial charge in [-0.15, -0.1) is 0 Å². The molecule has 0 aliphatic carbocycles. The molecule has 23 heavy (non-hydrogen) atoms. The van der Waals surface area contributed by atoms with E-state index >= 15 is 0 Å². The number of benzene rings is 1. The maximum absolute atomic E-state index is 11.9. The number of ether oxygens (including phenoxy) is 2. The minimum Gasteiger partial charge on any atom is -0.497 e. The fourth-order valence-electron chi connectivity index (χ4n) is 1.84. The molecule has 0 saturated heterocycles. The van der Waals surface area contributed by atoms with E-state index in [1.165, 1.54) is 12.4 Å². The summed E-state index contributed by atoms with van der Waals surface area (Å²) < 4.78 is 10.0. The molecule has 122 valence electrons. The Morgan fingerprint density at radius 2 is 1.91 bits per heavy atom. The van der Waals surface area contributed by atoms with Crippen molar-refractivity contribution in [2.45, 2.75) is 6.42 Å². The van der Waals surface area contributed by atoms with Crippen molar-refractivity contribution < 1.29 is 14.3 Å². The Labute approximate surface area is 135 Å². The van der Waals surface area contributed by atoms with Gasteiger partial charge >= 0.3 is 0 Å². The van der Waals surface area contributed by atoms with Gasteiger partial charge in [0.2, 0.25) is 0 Å². The Bertz CT molecular complexity index is 614. The molecular formula is C16H20N4O3. The fraction of sp³-hybridized carbons (Fsp3) is 0.312. The molecule has 0 radical (unpaired) electrons. The van der Waals surface area contributed by atoms with Gasteiger partial charge in [-0.1, -0.05) is 0 Å². The summed E-state index contributed by atoms with van der Waals surface area (Å²) in [5.74, 6) is 1.10. The zero-order valence-electron chi connectivity index (χ0n) is 13.2.